The fourth-order valence-electron chi connectivity index (χ4n) is 3.55. The maximum Gasteiger partial charge on any atom is 0.252 e. The number of amides is 1. The first-order chi connectivity index (χ1) is 13.1. The van der Waals surface area contributed by atoms with Crippen molar-refractivity contribution in [3.8, 4) is 0 Å². The van der Waals surface area contributed by atoms with E-state index < -0.39 is 22.0 Å². The molecule has 1 fully saturated rings. The van der Waals surface area contributed by atoms with Crippen LogP contribution in [0.3, 0.4) is 0 Å². The molecule has 2 atom stereocenters. The van der Waals surface area contributed by atoms with E-state index in [9.17, 15) is 18.3 Å². The van der Waals surface area contributed by atoms with Gasteiger partial charge in [-0.15, -0.1) is 0 Å². The summed E-state index contributed by atoms with van der Waals surface area (Å²) >= 11 is 0. The Labute approximate surface area is 164 Å². The number of carbonyl (C=O) groups excluding carboxylic acids is 1. The molecule has 1 saturated heterocycles. The Morgan fingerprint density at radius 1 is 1.32 bits per heavy atom. The number of fused-ring (bicyclic) bond motifs is 1. The van der Waals surface area contributed by atoms with E-state index in [1.807, 2.05) is 13.8 Å². The number of carbonyl (C=O) groups is 1. The number of aliphatic hydroxyl groups excluding tert-OH is 1. The van der Waals surface area contributed by atoms with E-state index in [1.165, 1.54) is 20.4 Å². The molecule has 2 aromatic rings. The molecule has 0 radical (unpaired) electrons. The van der Waals surface area contributed by atoms with Crippen molar-refractivity contribution in [3.05, 3.63) is 23.3 Å². The second-order valence-electron chi connectivity index (χ2n) is 7.42. The highest BCUT2D eigenvalue weighted by Crippen LogP contribution is 2.22. The van der Waals surface area contributed by atoms with Gasteiger partial charge in [0.2, 0.25) is 15.9 Å². The van der Waals surface area contributed by atoms with Gasteiger partial charge in [0.15, 0.2) is 0 Å². The van der Waals surface area contributed by atoms with Gasteiger partial charge in [0, 0.05) is 50.9 Å². The zero-order valence-corrected chi connectivity index (χ0v) is 17.3. The van der Waals surface area contributed by atoms with Crippen molar-refractivity contribution >= 4 is 21.7 Å². The number of hydrogen-bond donors (Lipinski definition) is 1. The Kier molecular flexibility index (Phi) is 5.69. The first-order valence-electron chi connectivity index (χ1n) is 9.12. The fourth-order valence-corrected chi connectivity index (χ4v) is 4.72. The van der Waals surface area contributed by atoms with Crippen LogP contribution in [-0.2, 0) is 21.2 Å². The first-order valence-corrected chi connectivity index (χ1v) is 10.7. The number of aryl methyl sites for hydroxylation is 2. The fraction of sp³-hybridized carbons (Fsp3) is 0.647. The molecular weight excluding hydrogens is 384 g/mol. The third kappa shape index (κ3) is 4.01. The molecule has 0 bridgehead atoms. The van der Waals surface area contributed by atoms with E-state index in [4.69, 9.17) is 0 Å². The maximum atomic E-state index is 12.6. The monoisotopic (exact) mass is 410 g/mol. The minimum atomic E-state index is -3.43. The Balaban J connectivity index is 1.65. The van der Waals surface area contributed by atoms with E-state index >= 15 is 0 Å². The van der Waals surface area contributed by atoms with Gasteiger partial charge in [-0.2, -0.15) is 10.1 Å². The van der Waals surface area contributed by atoms with Crippen LogP contribution in [0.15, 0.2) is 6.33 Å². The third-order valence-corrected chi connectivity index (χ3v) is 7.28. The third-order valence-electron chi connectivity index (χ3n) is 5.32. The predicted octanol–water partition coefficient (Wildman–Crippen LogP) is -0.616. The summed E-state index contributed by atoms with van der Waals surface area (Å²) in [7, 11) is -0.509. The van der Waals surface area contributed by atoms with Crippen LogP contribution in [0.1, 0.15) is 23.4 Å². The number of aromatic nitrogens is 4. The van der Waals surface area contributed by atoms with Crippen molar-refractivity contribution in [1.82, 2.24) is 28.8 Å². The molecule has 1 aliphatic rings. The lowest BCUT2D eigenvalue weighted by Gasteiger charge is -2.18. The lowest BCUT2D eigenvalue weighted by atomic mass is 10.1. The Morgan fingerprint density at radius 3 is 2.71 bits per heavy atom. The first kappa shape index (κ1) is 20.6. The molecule has 1 aliphatic heterocycles. The Morgan fingerprint density at radius 2 is 2.04 bits per heavy atom. The number of aliphatic hydroxyl groups is 1. The number of hydrogen-bond acceptors (Lipinski definition) is 7. The molecule has 2 aromatic heterocycles. The van der Waals surface area contributed by atoms with E-state index in [0.717, 1.165) is 21.3 Å². The SMILES string of the molecule is Cc1nc2ncnn2c(C)c1CCC(=O)N1C[C@@H](CS(=O)(=O)N(C)C)[C@@H](O)C1. The topological polar surface area (TPSA) is 121 Å². The van der Waals surface area contributed by atoms with Crippen molar-refractivity contribution in [2.24, 2.45) is 5.92 Å². The molecule has 10 nitrogen and oxygen atoms in total. The molecule has 1 N–H and O–H groups in total. The van der Waals surface area contributed by atoms with Crippen molar-refractivity contribution in [2.45, 2.75) is 32.8 Å². The molecule has 0 spiro atoms. The molecule has 1 amide bonds. The van der Waals surface area contributed by atoms with Crippen LogP contribution in [0.4, 0.5) is 0 Å². The number of nitrogens with zero attached hydrogens (tertiary/aromatic N) is 6. The summed E-state index contributed by atoms with van der Waals surface area (Å²) in [5, 5.41) is 14.4. The van der Waals surface area contributed by atoms with Gasteiger partial charge >= 0.3 is 0 Å². The van der Waals surface area contributed by atoms with Gasteiger partial charge in [0.05, 0.1) is 11.9 Å². The van der Waals surface area contributed by atoms with E-state index in [2.05, 4.69) is 15.1 Å². The molecule has 28 heavy (non-hydrogen) atoms. The van der Waals surface area contributed by atoms with Gasteiger partial charge < -0.3 is 10.0 Å². The summed E-state index contributed by atoms with van der Waals surface area (Å²) in [6, 6.07) is 0. The van der Waals surface area contributed by atoms with Gasteiger partial charge in [0.25, 0.3) is 5.78 Å². The van der Waals surface area contributed by atoms with Crippen molar-refractivity contribution in [2.75, 3.05) is 32.9 Å². The lowest BCUT2D eigenvalue weighted by molar-refractivity contribution is -0.130. The largest absolute Gasteiger partial charge is 0.391 e. The summed E-state index contributed by atoms with van der Waals surface area (Å²) < 4.78 is 26.9. The quantitative estimate of drug-likeness (QED) is 0.674. The van der Waals surface area contributed by atoms with Crippen LogP contribution in [-0.4, -0.2) is 87.3 Å². The average Bonchev–Trinajstić information content (AvgIpc) is 3.21. The van der Waals surface area contributed by atoms with Crippen molar-refractivity contribution in [3.63, 3.8) is 0 Å². The zero-order valence-electron chi connectivity index (χ0n) is 16.5. The van der Waals surface area contributed by atoms with Gasteiger partial charge in [-0.25, -0.2) is 22.2 Å². The second-order valence-corrected chi connectivity index (χ2v) is 9.65. The molecule has 3 heterocycles. The molecule has 0 aliphatic carbocycles. The zero-order chi connectivity index (χ0) is 20.6. The molecule has 3 rings (SSSR count). The second kappa shape index (κ2) is 7.72. The van der Waals surface area contributed by atoms with Crippen LogP contribution >= 0.6 is 0 Å². The van der Waals surface area contributed by atoms with Crippen molar-refractivity contribution < 1.29 is 18.3 Å². The number of likely N-dealkylation sites (tertiary alicyclic amines) is 1. The average molecular weight is 411 g/mol. The smallest absolute Gasteiger partial charge is 0.252 e. The summed E-state index contributed by atoms with van der Waals surface area (Å²) in [5.41, 5.74) is 2.64. The standard InChI is InChI=1S/C17H26N6O4S/c1-11-14(12(2)23-17(20-11)18-10-19-23)5-6-16(25)22-7-13(15(24)8-22)9-28(26,27)21(3)4/h10,13,15,24H,5-9H2,1-4H3/t13-,15-/m0/s1. The maximum absolute atomic E-state index is 12.6. The summed E-state index contributed by atoms with van der Waals surface area (Å²) in [4.78, 5) is 22.7. The number of sulfonamides is 1. The highest BCUT2D eigenvalue weighted by atomic mass is 32.2. The molecule has 154 valence electrons. The minimum absolute atomic E-state index is 0.110. The summed E-state index contributed by atoms with van der Waals surface area (Å²) in [6.45, 7) is 4.19. The van der Waals surface area contributed by atoms with E-state index in [-0.39, 0.29) is 31.2 Å². The van der Waals surface area contributed by atoms with Crippen LogP contribution in [0.5, 0.6) is 0 Å². The summed E-state index contributed by atoms with van der Waals surface area (Å²) in [5.74, 6) is -0.234. The van der Waals surface area contributed by atoms with Gasteiger partial charge in [-0.05, 0) is 25.8 Å². The van der Waals surface area contributed by atoms with Crippen LogP contribution < -0.4 is 0 Å². The molecule has 0 aromatic carbocycles. The van der Waals surface area contributed by atoms with Crippen LogP contribution in [0.25, 0.3) is 5.78 Å². The highest BCUT2D eigenvalue weighted by molar-refractivity contribution is 7.89. The normalized spacial score (nSPS) is 20.4. The Bertz CT molecular complexity index is 987. The van der Waals surface area contributed by atoms with Gasteiger partial charge in [-0.1, -0.05) is 0 Å². The summed E-state index contributed by atoms with van der Waals surface area (Å²) in [6.07, 6.45) is 1.35. The predicted molar refractivity (Wildman–Crippen MR) is 102 cm³/mol. The number of β-amino-alcohol motifs (C(OH)–C–C–N with tert-alkyl or cyclic N) is 1. The molecule has 0 saturated carbocycles. The van der Waals surface area contributed by atoms with Gasteiger partial charge in [-0.3, -0.25) is 4.79 Å². The highest BCUT2D eigenvalue weighted by Gasteiger charge is 2.37. The lowest BCUT2D eigenvalue weighted by Crippen LogP contribution is -2.33. The molecular formula is C17H26N6O4S. The molecule has 11 heteroatoms. The van der Waals surface area contributed by atoms with Crippen LogP contribution in [0.2, 0.25) is 0 Å². The minimum Gasteiger partial charge on any atom is -0.391 e. The van der Waals surface area contributed by atoms with Crippen LogP contribution in [0, 0.1) is 19.8 Å². The van der Waals surface area contributed by atoms with Crippen molar-refractivity contribution in [1.29, 1.82) is 0 Å². The van der Waals surface area contributed by atoms with E-state index in [1.54, 1.807) is 9.42 Å². The van der Waals surface area contributed by atoms with E-state index in [0.29, 0.717) is 12.2 Å². The van der Waals surface area contributed by atoms with Gasteiger partial charge in [0.1, 0.15) is 6.33 Å². The number of rotatable bonds is 6. The molecule has 0 unspecified atom stereocenters. The Hall–Kier alpha value is -2.11.